The third-order valence-electron chi connectivity index (χ3n) is 5.13. The number of nitrogens with two attached hydrogens (primary N) is 2. The number of hydrogen-bond acceptors (Lipinski definition) is 6. The Labute approximate surface area is 157 Å². The fourth-order valence-corrected chi connectivity index (χ4v) is 4.22. The van der Waals surface area contributed by atoms with E-state index < -0.39 is 0 Å². The summed E-state index contributed by atoms with van der Waals surface area (Å²) in [4.78, 5) is 5.73. The van der Waals surface area contributed by atoms with Crippen molar-refractivity contribution in [3.05, 3.63) is 42.2 Å². The van der Waals surface area contributed by atoms with Gasteiger partial charge in [-0.25, -0.2) is 9.50 Å². The van der Waals surface area contributed by atoms with Crippen LogP contribution in [0.5, 0.6) is 0 Å². The Morgan fingerprint density at radius 3 is 2.81 bits per heavy atom. The number of nitrogens with zero attached hydrogens (tertiary/aromatic N) is 3. The number of benzene rings is 1. The molecule has 0 spiro atoms. The second kappa shape index (κ2) is 7.17. The van der Waals surface area contributed by atoms with Crippen molar-refractivity contribution < 1.29 is 0 Å². The van der Waals surface area contributed by atoms with Gasteiger partial charge in [0.2, 0.25) is 0 Å². The first kappa shape index (κ1) is 17.2. The molecule has 1 aliphatic rings. The van der Waals surface area contributed by atoms with E-state index in [1.54, 1.807) is 22.5 Å². The highest BCUT2D eigenvalue weighted by molar-refractivity contribution is 7.98. The van der Waals surface area contributed by atoms with Gasteiger partial charge >= 0.3 is 0 Å². The molecule has 1 aliphatic carbocycles. The fraction of sp³-hybridized carbons (Fsp3) is 0.368. The number of aromatic nitrogens is 3. The summed E-state index contributed by atoms with van der Waals surface area (Å²) >= 11 is 1.72. The Balaban J connectivity index is 1.80. The standard InChI is InChI=1S/C19H24N6S/c1-26-15-4-2-3-14(11-15)23-17-16(12-5-7-13(20)8-6-12)18(21)24-25-10-9-22-19(17)25/h2-4,9-13,23H,5-8,20H2,1H3,(H2,21,24)/t12-,13-. The van der Waals surface area contributed by atoms with E-state index in [0.717, 1.165) is 48.3 Å². The second-order valence-corrected chi connectivity index (χ2v) is 7.72. The molecular weight excluding hydrogens is 344 g/mol. The minimum absolute atomic E-state index is 0.297. The molecule has 4 rings (SSSR count). The molecule has 0 amide bonds. The summed E-state index contributed by atoms with van der Waals surface area (Å²) in [7, 11) is 0. The topological polar surface area (TPSA) is 94.3 Å². The molecule has 6 nitrogen and oxygen atoms in total. The highest BCUT2D eigenvalue weighted by Crippen LogP contribution is 2.41. The Morgan fingerprint density at radius 2 is 2.04 bits per heavy atom. The normalized spacial score (nSPS) is 20.4. The molecule has 136 valence electrons. The van der Waals surface area contributed by atoms with Crippen molar-refractivity contribution in [2.24, 2.45) is 5.73 Å². The van der Waals surface area contributed by atoms with Gasteiger partial charge in [0, 0.05) is 34.6 Å². The molecule has 0 aliphatic heterocycles. The van der Waals surface area contributed by atoms with Crippen molar-refractivity contribution in [1.29, 1.82) is 0 Å². The summed E-state index contributed by atoms with van der Waals surface area (Å²) in [5.41, 5.74) is 16.4. The van der Waals surface area contributed by atoms with Gasteiger partial charge in [0.25, 0.3) is 0 Å². The van der Waals surface area contributed by atoms with Crippen LogP contribution in [0.4, 0.5) is 17.2 Å². The van der Waals surface area contributed by atoms with Gasteiger partial charge in [-0.2, -0.15) is 0 Å². The number of imidazole rings is 1. The van der Waals surface area contributed by atoms with Crippen molar-refractivity contribution in [2.75, 3.05) is 17.3 Å². The maximum absolute atomic E-state index is 6.39. The van der Waals surface area contributed by atoms with Crippen LogP contribution in [0.3, 0.4) is 0 Å². The van der Waals surface area contributed by atoms with Crippen LogP contribution < -0.4 is 16.8 Å². The third kappa shape index (κ3) is 3.24. The van der Waals surface area contributed by atoms with Crippen LogP contribution in [0.1, 0.15) is 37.2 Å². The first-order valence-corrected chi connectivity index (χ1v) is 10.2. The lowest BCUT2D eigenvalue weighted by atomic mass is 9.81. The van der Waals surface area contributed by atoms with Gasteiger partial charge in [-0.1, -0.05) is 6.07 Å². The van der Waals surface area contributed by atoms with Crippen molar-refractivity contribution in [2.45, 2.75) is 42.5 Å². The second-order valence-electron chi connectivity index (χ2n) is 6.84. The highest BCUT2D eigenvalue weighted by Gasteiger charge is 2.27. The molecule has 1 fully saturated rings. The first-order valence-electron chi connectivity index (χ1n) is 8.95. The van der Waals surface area contributed by atoms with E-state index in [1.165, 1.54) is 4.90 Å². The summed E-state index contributed by atoms with van der Waals surface area (Å²) in [6.07, 6.45) is 9.76. The van der Waals surface area contributed by atoms with Crippen LogP contribution in [0.15, 0.2) is 41.6 Å². The Bertz CT molecular complexity index is 914. The zero-order chi connectivity index (χ0) is 18.1. The van der Waals surface area contributed by atoms with E-state index in [1.807, 2.05) is 6.20 Å². The summed E-state index contributed by atoms with van der Waals surface area (Å²) in [6, 6.07) is 8.66. The summed E-state index contributed by atoms with van der Waals surface area (Å²) in [6.45, 7) is 0. The largest absolute Gasteiger partial charge is 0.382 e. The summed E-state index contributed by atoms with van der Waals surface area (Å²) < 4.78 is 1.74. The Hall–Kier alpha value is -2.25. The number of rotatable bonds is 4. The van der Waals surface area contributed by atoms with Crippen molar-refractivity contribution in [3.63, 3.8) is 0 Å². The van der Waals surface area contributed by atoms with Crippen molar-refractivity contribution >= 4 is 34.6 Å². The Morgan fingerprint density at radius 1 is 1.23 bits per heavy atom. The molecule has 0 unspecified atom stereocenters. The van der Waals surface area contributed by atoms with E-state index >= 15 is 0 Å². The smallest absolute Gasteiger partial charge is 0.177 e. The molecule has 1 saturated carbocycles. The molecule has 0 radical (unpaired) electrons. The molecule has 0 saturated heterocycles. The highest BCUT2D eigenvalue weighted by atomic mass is 32.2. The number of hydrogen-bond donors (Lipinski definition) is 3. The molecule has 0 bridgehead atoms. The third-order valence-corrected chi connectivity index (χ3v) is 5.85. The average Bonchev–Trinajstić information content (AvgIpc) is 3.11. The van der Waals surface area contributed by atoms with Gasteiger partial charge in [0.1, 0.15) is 5.82 Å². The van der Waals surface area contributed by atoms with Gasteiger partial charge in [-0.15, -0.1) is 16.9 Å². The number of thioether (sulfide) groups is 1. The zero-order valence-corrected chi connectivity index (χ0v) is 15.7. The van der Waals surface area contributed by atoms with Crippen molar-refractivity contribution in [3.8, 4) is 0 Å². The molecule has 7 heteroatoms. The van der Waals surface area contributed by atoms with Gasteiger partial charge in [-0.05, 0) is 56.1 Å². The number of fused-ring (bicyclic) bond motifs is 1. The quantitative estimate of drug-likeness (QED) is 0.607. The molecule has 3 aromatic rings. The van der Waals surface area contributed by atoms with E-state index in [-0.39, 0.29) is 0 Å². The number of nitrogen functional groups attached to an aromatic ring is 1. The molecule has 26 heavy (non-hydrogen) atoms. The average molecular weight is 369 g/mol. The minimum Gasteiger partial charge on any atom is -0.382 e. The van der Waals surface area contributed by atoms with E-state index in [0.29, 0.717) is 17.8 Å². The molecule has 5 N–H and O–H groups in total. The molecule has 0 atom stereocenters. The lowest BCUT2D eigenvalue weighted by Gasteiger charge is -2.28. The Kier molecular flexibility index (Phi) is 4.74. The van der Waals surface area contributed by atoms with Gasteiger partial charge in [0.05, 0.1) is 5.69 Å². The molecule has 2 heterocycles. The minimum atomic E-state index is 0.297. The molecular formula is C19H24N6S. The van der Waals surface area contributed by atoms with E-state index in [9.17, 15) is 0 Å². The SMILES string of the molecule is CSc1cccc(Nc2c3nccn3nc(N)c2[C@H]2CC[C@H](N)CC2)c1. The maximum Gasteiger partial charge on any atom is 0.177 e. The number of nitrogens with one attached hydrogen (secondary N) is 1. The van der Waals surface area contributed by atoms with Crippen LogP contribution in [0.25, 0.3) is 5.65 Å². The van der Waals surface area contributed by atoms with Crippen LogP contribution in [-0.4, -0.2) is 26.9 Å². The van der Waals surface area contributed by atoms with E-state index in [4.69, 9.17) is 11.5 Å². The van der Waals surface area contributed by atoms with Gasteiger partial charge in [-0.3, -0.25) is 0 Å². The molecule has 1 aromatic carbocycles. The monoisotopic (exact) mass is 368 g/mol. The van der Waals surface area contributed by atoms with Gasteiger partial charge < -0.3 is 16.8 Å². The summed E-state index contributed by atoms with van der Waals surface area (Å²) in [5.74, 6) is 0.926. The van der Waals surface area contributed by atoms with E-state index in [2.05, 4.69) is 45.9 Å². The first-order chi connectivity index (χ1) is 12.7. The predicted molar refractivity (Wildman–Crippen MR) is 108 cm³/mol. The predicted octanol–water partition coefficient (Wildman–Crippen LogP) is 3.76. The zero-order valence-electron chi connectivity index (χ0n) is 14.9. The van der Waals surface area contributed by atoms with Crippen LogP contribution in [0.2, 0.25) is 0 Å². The number of anilines is 3. The van der Waals surface area contributed by atoms with Crippen LogP contribution in [0, 0.1) is 0 Å². The molecule has 2 aromatic heterocycles. The summed E-state index contributed by atoms with van der Waals surface area (Å²) in [5, 5.41) is 8.10. The van der Waals surface area contributed by atoms with Gasteiger partial charge in [0.15, 0.2) is 5.65 Å². The lowest BCUT2D eigenvalue weighted by Crippen LogP contribution is -2.26. The van der Waals surface area contributed by atoms with Crippen LogP contribution in [-0.2, 0) is 0 Å². The lowest BCUT2D eigenvalue weighted by molar-refractivity contribution is 0.396. The fourth-order valence-electron chi connectivity index (χ4n) is 3.76. The van der Waals surface area contributed by atoms with Crippen molar-refractivity contribution in [1.82, 2.24) is 14.6 Å². The maximum atomic E-state index is 6.39. The van der Waals surface area contributed by atoms with Crippen LogP contribution >= 0.6 is 11.8 Å².